The molecule has 0 saturated carbocycles. The van der Waals surface area contributed by atoms with Crippen molar-refractivity contribution in [3.63, 3.8) is 0 Å². The zero-order chi connectivity index (χ0) is 18.8. The number of hydrogen-bond donors (Lipinski definition) is 0. The van der Waals surface area contributed by atoms with Crippen molar-refractivity contribution in [1.82, 2.24) is 9.78 Å². The van der Waals surface area contributed by atoms with E-state index in [-0.39, 0.29) is 18.0 Å². The van der Waals surface area contributed by atoms with Crippen molar-refractivity contribution >= 4 is 44.8 Å². The Hall–Kier alpha value is -2.52. The molecule has 7 nitrogen and oxygen atoms in total. The highest BCUT2D eigenvalue weighted by Gasteiger charge is 2.22. The lowest BCUT2D eigenvalue weighted by Crippen LogP contribution is -2.03. The fraction of sp³-hybridized carbons (Fsp3) is 0.176. The summed E-state index contributed by atoms with van der Waals surface area (Å²) in [4.78, 5) is 23.3. The van der Waals surface area contributed by atoms with E-state index in [0.29, 0.717) is 27.8 Å². The molecule has 9 heteroatoms. The third-order valence-corrected chi connectivity index (χ3v) is 5.43. The molecular weight excluding hydrogens is 422 g/mol. The Bertz CT molecular complexity index is 1020. The molecule has 0 atom stereocenters. The molecule has 0 saturated heterocycles. The van der Waals surface area contributed by atoms with Crippen LogP contribution in [0.1, 0.15) is 32.6 Å². The maximum Gasteiger partial charge on any atom is 0.312 e. The Kier molecular flexibility index (Phi) is 5.19. The number of halogens is 1. The zero-order valence-electron chi connectivity index (χ0n) is 13.9. The second-order valence-corrected chi connectivity index (χ2v) is 7.39. The van der Waals surface area contributed by atoms with Crippen LogP contribution in [0.3, 0.4) is 0 Å². The molecule has 0 unspecified atom stereocenters. The predicted octanol–water partition coefficient (Wildman–Crippen LogP) is 4.77. The van der Waals surface area contributed by atoms with Crippen molar-refractivity contribution < 1.29 is 14.1 Å². The van der Waals surface area contributed by atoms with Gasteiger partial charge < -0.3 is 4.42 Å². The maximum absolute atomic E-state index is 12.1. The normalized spacial score (nSPS) is 11.3. The molecule has 0 spiro atoms. The molecule has 26 heavy (non-hydrogen) atoms. The van der Waals surface area contributed by atoms with Gasteiger partial charge in [-0.1, -0.05) is 0 Å². The highest BCUT2D eigenvalue weighted by molar-refractivity contribution is 9.10. The van der Waals surface area contributed by atoms with Crippen molar-refractivity contribution in [3.8, 4) is 0 Å². The van der Waals surface area contributed by atoms with Crippen LogP contribution < -0.4 is 0 Å². The van der Waals surface area contributed by atoms with E-state index >= 15 is 0 Å². The largest absolute Gasteiger partial charge is 0.460 e. The summed E-state index contributed by atoms with van der Waals surface area (Å²) in [6.07, 6.45) is 3.05. The lowest BCUT2D eigenvalue weighted by Gasteiger charge is -2.00. The highest BCUT2D eigenvalue weighted by atomic mass is 79.9. The number of nitrogens with zero attached hydrogens (tertiary/aromatic N) is 3. The van der Waals surface area contributed by atoms with Gasteiger partial charge in [-0.3, -0.25) is 19.6 Å². The number of hydrogen-bond acceptors (Lipinski definition) is 6. The molecule has 0 amide bonds. The lowest BCUT2D eigenvalue weighted by molar-refractivity contribution is -0.386. The second-order valence-electron chi connectivity index (χ2n) is 5.57. The lowest BCUT2D eigenvalue weighted by atomic mass is 10.3. The van der Waals surface area contributed by atoms with Crippen LogP contribution in [0.15, 0.2) is 38.5 Å². The summed E-state index contributed by atoms with van der Waals surface area (Å²) in [7, 11) is 0. The summed E-state index contributed by atoms with van der Waals surface area (Å²) in [5, 5.41) is 17.1. The molecule has 0 radical (unpaired) electrons. The summed E-state index contributed by atoms with van der Waals surface area (Å²) in [5.74, 6) is 1.02. The SMILES string of the molecule is Cc1nn(Cc2ccc(/C=C/C(=O)c3cc(Br)cs3)o2)c(C)c1[N+](=O)[O-]. The zero-order valence-corrected chi connectivity index (χ0v) is 16.3. The van der Waals surface area contributed by atoms with Crippen molar-refractivity contribution in [2.75, 3.05) is 0 Å². The standard InChI is InChI=1S/C17H14BrN3O4S/c1-10-17(21(23)24)11(2)20(19-10)8-14-4-3-13(25-14)5-6-15(22)16-7-12(18)9-26-16/h3-7,9H,8H2,1-2H3/b6-5+. The number of carbonyl (C=O) groups excluding carboxylic acids is 1. The summed E-state index contributed by atoms with van der Waals surface area (Å²) in [6, 6.07) is 5.26. The van der Waals surface area contributed by atoms with E-state index in [9.17, 15) is 14.9 Å². The minimum atomic E-state index is -0.432. The average Bonchev–Trinajstić information content (AvgIpc) is 3.26. The van der Waals surface area contributed by atoms with Gasteiger partial charge in [-0.15, -0.1) is 11.3 Å². The number of thiophene rings is 1. The van der Waals surface area contributed by atoms with E-state index in [0.717, 1.165) is 4.47 Å². The third kappa shape index (κ3) is 3.83. The van der Waals surface area contributed by atoms with Gasteiger partial charge in [-0.2, -0.15) is 5.10 Å². The number of rotatable bonds is 6. The fourth-order valence-corrected chi connectivity index (χ4v) is 3.85. The summed E-state index contributed by atoms with van der Waals surface area (Å²) >= 11 is 4.68. The van der Waals surface area contributed by atoms with Gasteiger partial charge >= 0.3 is 5.69 Å². The first-order chi connectivity index (χ1) is 12.3. The van der Waals surface area contributed by atoms with E-state index in [4.69, 9.17) is 4.42 Å². The van der Waals surface area contributed by atoms with E-state index in [1.807, 2.05) is 5.38 Å². The van der Waals surface area contributed by atoms with Gasteiger partial charge in [0.05, 0.1) is 16.3 Å². The molecule has 0 fully saturated rings. The Morgan fingerprint density at radius 1 is 1.46 bits per heavy atom. The first-order valence-corrected chi connectivity index (χ1v) is 9.26. The second kappa shape index (κ2) is 7.38. The number of allylic oxidation sites excluding steroid dienone is 1. The van der Waals surface area contributed by atoms with Gasteiger partial charge in [0, 0.05) is 9.85 Å². The quantitative estimate of drug-likeness (QED) is 0.240. The maximum atomic E-state index is 12.1. The van der Waals surface area contributed by atoms with Crippen LogP contribution in [-0.4, -0.2) is 20.5 Å². The van der Waals surface area contributed by atoms with Crippen LogP contribution in [-0.2, 0) is 6.54 Å². The molecule has 0 bridgehead atoms. The van der Waals surface area contributed by atoms with Crippen molar-refractivity contribution in [3.05, 3.63) is 72.0 Å². The summed E-state index contributed by atoms with van der Waals surface area (Å²) in [6.45, 7) is 3.53. The minimum Gasteiger partial charge on any atom is -0.460 e. The molecular formula is C17H14BrN3O4S. The Labute approximate surface area is 161 Å². The molecule has 3 aromatic heterocycles. The van der Waals surface area contributed by atoms with Gasteiger partial charge in [0.1, 0.15) is 22.9 Å². The molecule has 3 heterocycles. The number of aromatic nitrogens is 2. The van der Waals surface area contributed by atoms with Crippen molar-refractivity contribution in [1.29, 1.82) is 0 Å². The van der Waals surface area contributed by atoms with E-state index in [1.54, 1.807) is 38.1 Å². The van der Waals surface area contributed by atoms with Crippen LogP contribution in [0.5, 0.6) is 0 Å². The van der Waals surface area contributed by atoms with Crippen LogP contribution in [0.25, 0.3) is 6.08 Å². The fourth-order valence-electron chi connectivity index (χ4n) is 2.50. The summed E-state index contributed by atoms with van der Waals surface area (Å²) in [5.41, 5.74) is 0.857. The van der Waals surface area contributed by atoms with Gasteiger partial charge in [-0.05, 0) is 60.1 Å². The number of aryl methyl sites for hydroxylation is 1. The molecule has 0 aliphatic heterocycles. The molecule has 3 aromatic rings. The Morgan fingerprint density at radius 2 is 2.23 bits per heavy atom. The van der Waals surface area contributed by atoms with Crippen molar-refractivity contribution in [2.45, 2.75) is 20.4 Å². The topological polar surface area (TPSA) is 91.2 Å². The number of ketones is 1. The molecule has 0 aliphatic carbocycles. The third-order valence-electron chi connectivity index (χ3n) is 3.72. The van der Waals surface area contributed by atoms with Crippen LogP contribution >= 0.6 is 27.3 Å². The summed E-state index contributed by atoms with van der Waals surface area (Å²) < 4.78 is 8.08. The minimum absolute atomic E-state index is 0.0179. The number of carbonyl (C=O) groups is 1. The van der Waals surface area contributed by atoms with Crippen LogP contribution in [0.4, 0.5) is 5.69 Å². The van der Waals surface area contributed by atoms with Gasteiger partial charge in [0.25, 0.3) is 0 Å². The monoisotopic (exact) mass is 435 g/mol. The van der Waals surface area contributed by atoms with Crippen LogP contribution in [0.2, 0.25) is 0 Å². The molecule has 0 aliphatic rings. The Balaban J connectivity index is 1.72. The van der Waals surface area contributed by atoms with Crippen molar-refractivity contribution in [2.24, 2.45) is 0 Å². The Morgan fingerprint density at radius 3 is 2.85 bits per heavy atom. The van der Waals surface area contributed by atoms with Crippen LogP contribution in [0, 0.1) is 24.0 Å². The predicted molar refractivity (Wildman–Crippen MR) is 102 cm³/mol. The highest BCUT2D eigenvalue weighted by Crippen LogP contribution is 2.23. The molecule has 134 valence electrons. The van der Waals surface area contributed by atoms with Gasteiger partial charge in [0.15, 0.2) is 5.78 Å². The van der Waals surface area contributed by atoms with Gasteiger partial charge in [0.2, 0.25) is 0 Å². The smallest absolute Gasteiger partial charge is 0.312 e. The van der Waals surface area contributed by atoms with E-state index in [2.05, 4.69) is 21.0 Å². The molecule has 0 N–H and O–H groups in total. The first kappa shape index (κ1) is 18.3. The first-order valence-electron chi connectivity index (χ1n) is 7.58. The molecule has 0 aromatic carbocycles. The average molecular weight is 436 g/mol. The molecule has 3 rings (SSSR count). The number of furan rings is 1. The number of nitro groups is 1. The van der Waals surface area contributed by atoms with Gasteiger partial charge in [-0.25, -0.2) is 0 Å². The van der Waals surface area contributed by atoms with E-state index < -0.39 is 4.92 Å². The van der Waals surface area contributed by atoms with E-state index in [1.165, 1.54) is 22.1 Å².